The van der Waals surface area contributed by atoms with Gasteiger partial charge >= 0.3 is 12.0 Å². The van der Waals surface area contributed by atoms with Crippen LogP contribution >= 0.6 is 23.2 Å². The van der Waals surface area contributed by atoms with Gasteiger partial charge in [0.05, 0.1) is 41.6 Å². The highest BCUT2D eigenvalue weighted by atomic mass is 35.5. The number of hydrogen-bond acceptors (Lipinski definition) is 9. The van der Waals surface area contributed by atoms with Crippen LogP contribution in [0.5, 0.6) is 17.2 Å². The molecule has 1 heterocycles. The first-order valence-corrected chi connectivity index (χ1v) is 14.7. The summed E-state index contributed by atoms with van der Waals surface area (Å²) in [6.45, 7) is 5.89. The van der Waals surface area contributed by atoms with Crippen molar-refractivity contribution in [3.8, 4) is 17.2 Å². The van der Waals surface area contributed by atoms with Crippen LogP contribution in [0.3, 0.4) is 0 Å². The Morgan fingerprint density at radius 3 is 2.51 bits per heavy atom. The summed E-state index contributed by atoms with van der Waals surface area (Å²) >= 11 is 12.8. The molecule has 11 nitrogen and oxygen atoms in total. The number of urea groups is 1. The summed E-state index contributed by atoms with van der Waals surface area (Å²) in [6.07, 6.45) is 0.270. The second-order valence-corrected chi connectivity index (χ2v) is 10.8. The first kappa shape index (κ1) is 33.4. The van der Waals surface area contributed by atoms with E-state index < -0.39 is 24.3 Å². The highest BCUT2D eigenvalue weighted by Crippen LogP contribution is 2.36. The standard InChI is InChI=1S/C32H34Cl2N4O7/c1-5-43-26-14-22(29-28(31(40)42-4)19(3)36-32(41)37-29)9-10-25(26)44-17-27(39)38-35-15-21-12-23(33)30(24(34)13-21)45-16-20-8-6-7-18(2)11-20/h6-15,27,29,38-39H,5,16-17H2,1-4H3,(H2,36,37,41)/b35-15-/t27-,29+/m1/s1. The lowest BCUT2D eigenvalue weighted by Gasteiger charge is -2.28. The number of nitrogens with one attached hydrogen (secondary N) is 3. The number of amides is 2. The average Bonchev–Trinajstić information content (AvgIpc) is 2.99. The van der Waals surface area contributed by atoms with Gasteiger partial charge in [0.1, 0.15) is 13.2 Å². The van der Waals surface area contributed by atoms with Crippen LogP contribution in [-0.4, -0.2) is 49.9 Å². The lowest BCUT2D eigenvalue weighted by molar-refractivity contribution is -0.136. The molecule has 13 heteroatoms. The Hall–Kier alpha value is -4.45. The summed E-state index contributed by atoms with van der Waals surface area (Å²) in [5, 5.41) is 20.4. The number of esters is 1. The predicted octanol–water partition coefficient (Wildman–Crippen LogP) is 5.40. The molecule has 3 aromatic carbocycles. The number of methoxy groups -OCH3 is 1. The van der Waals surface area contributed by atoms with Gasteiger partial charge in [-0.05, 0) is 61.7 Å². The van der Waals surface area contributed by atoms with Crippen molar-refractivity contribution in [2.75, 3.05) is 20.3 Å². The highest BCUT2D eigenvalue weighted by molar-refractivity contribution is 6.37. The normalized spacial score (nSPS) is 15.3. The van der Waals surface area contributed by atoms with E-state index in [0.717, 1.165) is 11.1 Å². The zero-order chi connectivity index (χ0) is 32.5. The number of benzene rings is 3. The average molecular weight is 658 g/mol. The lowest BCUT2D eigenvalue weighted by atomic mass is 9.95. The first-order valence-electron chi connectivity index (χ1n) is 14.0. The Labute approximate surface area is 271 Å². The lowest BCUT2D eigenvalue weighted by Crippen LogP contribution is -2.45. The monoisotopic (exact) mass is 656 g/mol. The number of hydrogen-bond donors (Lipinski definition) is 4. The molecule has 0 bridgehead atoms. The van der Waals surface area contributed by atoms with E-state index in [4.69, 9.17) is 42.1 Å². The number of nitrogens with zero attached hydrogens (tertiary/aromatic N) is 1. The number of aliphatic hydroxyl groups excluding tert-OH is 1. The number of carbonyl (C=O) groups is 2. The number of halogens is 2. The number of aryl methyl sites for hydroxylation is 1. The molecule has 0 unspecified atom stereocenters. The molecule has 2 atom stereocenters. The summed E-state index contributed by atoms with van der Waals surface area (Å²) in [5.41, 5.74) is 6.51. The van der Waals surface area contributed by atoms with Crippen LogP contribution in [0.25, 0.3) is 0 Å². The molecule has 1 aliphatic rings. The van der Waals surface area contributed by atoms with Crippen LogP contribution in [-0.2, 0) is 16.1 Å². The van der Waals surface area contributed by atoms with Crippen molar-refractivity contribution in [2.45, 2.75) is 39.6 Å². The van der Waals surface area contributed by atoms with Gasteiger partial charge in [-0.2, -0.15) is 5.10 Å². The number of allylic oxidation sites excluding steroid dienone is 1. The number of rotatable bonds is 13. The van der Waals surface area contributed by atoms with Crippen molar-refractivity contribution >= 4 is 41.4 Å². The molecule has 0 radical (unpaired) electrons. The predicted molar refractivity (Wildman–Crippen MR) is 171 cm³/mol. The van der Waals surface area contributed by atoms with Crippen molar-refractivity contribution in [2.24, 2.45) is 5.10 Å². The largest absolute Gasteiger partial charge is 0.490 e. The molecule has 0 aromatic heterocycles. The second-order valence-electron chi connectivity index (χ2n) is 10.0. The fourth-order valence-corrected chi connectivity index (χ4v) is 5.18. The van der Waals surface area contributed by atoms with E-state index in [1.807, 2.05) is 31.2 Å². The Kier molecular flexibility index (Phi) is 11.5. The molecular formula is C32H34Cl2N4O7. The third-order valence-corrected chi connectivity index (χ3v) is 7.16. The fraction of sp³-hybridized carbons (Fsp3) is 0.281. The summed E-state index contributed by atoms with van der Waals surface area (Å²) in [6, 6.07) is 15.0. The molecule has 45 heavy (non-hydrogen) atoms. The number of ether oxygens (including phenoxy) is 4. The van der Waals surface area contributed by atoms with Gasteiger partial charge in [-0.25, -0.2) is 9.59 Å². The molecule has 0 aliphatic carbocycles. The van der Waals surface area contributed by atoms with Crippen LogP contribution in [0.2, 0.25) is 10.0 Å². The minimum atomic E-state index is -1.18. The van der Waals surface area contributed by atoms with E-state index in [-0.39, 0.29) is 12.2 Å². The third kappa shape index (κ3) is 8.81. The van der Waals surface area contributed by atoms with Gasteiger partial charge in [-0.15, -0.1) is 0 Å². The molecule has 0 fully saturated rings. The molecule has 0 saturated heterocycles. The zero-order valence-electron chi connectivity index (χ0n) is 25.1. The topological polar surface area (TPSA) is 140 Å². The molecule has 0 spiro atoms. The van der Waals surface area contributed by atoms with E-state index in [2.05, 4.69) is 21.2 Å². The van der Waals surface area contributed by atoms with Gasteiger partial charge < -0.3 is 34.7 Å². The van der Waals surface area contributed by atoms with Crippen LogP contribution < -0.4 is 30.3 Å². The van der Waals surface area contributed by atoms with Gasteiger partial charge in [-0.1, -0.05) is 59.1 Å². The summed E-state index contributed by atoms with van der Waals surface area (Å²) in [5.74, 6) is 0.481. The quantitative estimate of drug-likeness (QED) is 0.0830. The Morgan fingerprint density at radius 1 is 1.07 bits per heavy atom. The van der Waals surface area contributed by atoms with Crippen molar-refractivity contribution in [1.29, 1.82) is 0 Å². The summed E-state index contributed by atoms with van der Waals surface area (Å²) < 4.78 is 22.3. The van der Waals surface area contributed by atoms with E-state index in [0.29, 0.717) is 57.3 Å². The van der Waals surface area contributed by atoms with Crippen molar-refractivity contribution < 1.29 is 33.6 Å². The molecule has 238 valence electrons. The fourth-order valence-electron chi connectivity index (χ4n) is 4.57. The van der Waals surface area contributed by atoms with E-state index in [1.54, 1.807) is 44.2 Å². The van der Waals surface area contributed by atoms with Crippen LogP contribution in [0.1, 0.15) is 42.1 Å². The van der Waals surface area contributed by atoms with E-state index >= 15 is 0 Å². The molecule has 1 aliphatic heterocycles. The maximum Gasteiger partial charge on any atom is 0.337 e. The maximum absolute atomic E-state index is 12.4. The molecule has 0 saturated carbocycles. The first-order chi connectivity index (χ1) is 21.6. The van der Waals surface area contributed by atoms with E-state index in [9.17, 15) is 14.7 Å². The van der Waals surface area contributed by atoms with Gasteiger partial charge in [0.15, 0.2) is 23.5 Å². The second kappa shape index (κ2) is 15.5. The maximum atomic E-state index is 12.4. The van der Waals surface area contributed by atoms with Crippen molar-refractivity contribution in [3.05, 3.63) is 98.2 Å². The van der Waals surface area contributed by atoms with Crippen molar-refractivity contribution in [1.82, 2.24) is 16.1 Å². The Morgan fingerprint density at radius 2 is 1.82 bits per heavy atom. The molecule has 3 aromatic rings. The number of carbonyl (C=O) groups excluding carboxylic acids is 2. The number of hydrazone groups is 1. The van der Waals surface area contributed by atoms with Gasteiger partial charge in [0.2, 0.25) is 0 Å². The minimum Gasteiger partial charge on any atom is -0.490 e. The molecule has 4 rings (SSSR count). The minimum absolute atomic E-state index is 0.180. The summed E-state index contributed by atoms with van der Waals surface area (Å²) in [4.78, 5) is 24.6. The smallest absolute Gasteiger partial charge is 0.337 e. The van der Waals surface area contributed by atoms with Crippen LogP contribution in [0.4, 0.5) is 4.79 Å². The Balaban J connectivity index is 1.37. The third-order valence-electron chi connectivity index (χ3n) is 6.60. The van der Waals surface area contributed by atoms with Gasteiger partial charge in [0.25, 0.3) is 0 Å². The van der Waals surface area contributed by atoms with Crippen molar-refractivity contribution in [3.63, 3.8) is 0 Å². The van der Waals surface area contributed by atoms with Crippen LogP contribution in [0.15, 0.2) is 71.0 Å². The zero-order valence-corrected chi connectivity index (χ0v) is 26.7. The highest BCUT2D eigenvalue weighted by Gasteiger charge is 2.32. The molecular weight excluding hydrogens is 623 g/mol. The SMILES string of the molecule is CCOc1cc([C@@H]2NC(=O)NC(C)=C2C(=O)OC)ccc1OC[C@@H](O)N/N=C\c1cc(Cl)c(OCc2cccc(C)c2)c(Cl)c1. The van der Waals surface area contributed by atoms with E-state index in [1.165, 1.54) is 13.3 Å². The van der Waals surface area contributed by atoms with Gasteiger partial charge in [0, 0.05) is 5.70 Å². The molecule has 2 amide bonds. The Bertz CT molecular complexity index is 1590. The number of aliphatic hydroxyl groups is 1. The molecule has 4 N–H and O–H groups in total. The summed E-state index contributed by atoms with van der Waals surface area (Å²) in [7, 11) is 1.27. The van der Waals surface area contributed by atoms with Crippen LogP contribution in [0, 0.1) is 6.92 Å². The van der Waals surface area contributed by atoms with Gasteiger partial charge in [-0.3, -0.25) is 5.43 Å².